The summed E-state index contributed by atoms with van der Waals surface area (Å²) in [6.07, 6.45) is 1.89. The van der Waals surface area contributed by atoms with Crippen molar-refractivity contribution in [3.8, 4) is 0 Å². The van der Waals surface area contributed by atoms with Crippen LogP contribution in [0.15, 0.2) is 47.5 Å². The maximum absolute atomic E-state index is 13.0. The molecule has 7 heteroatoms. The molecule has 1 atom stereocenters. The number of aromatic nitrogens is 1. The van der Waals surface area contributed by atoms with Gasteiger partial charge in [0, 0.05) is 24.3 Å². The van der Waals surface area contributed by atoms with Gasteiger partial charge in [0.1, 0.15) is 0 Å². The fourth-order valence-corrected chi connectivity index (χ4v) is 5.52. The molecule has 1 heterocycles. The van der Waals surface area contributed by atoms with Gasteiger partial charge in [-0.1, -0.05) is 23.8 Å². The Morgan fingerprint density at radius 2 is 1.76 bits per heavy atom. The topological polar surface area (TPSA) is 77.4 Å². The lowest BCUT2D eigenvalue weighted by Gasteiger charge is -2.18. The van der Waals surface area contributed by atoms with Crippen molar-refractivity contribution in [3.63, 3.8) is 0 Å². The van der Waals surface area contributed by atoms with E-state index in [0.29, 0.717) is 17.0 Å². The second kappa shape index (κ2) is 8.00. The molecular weight excluding hydrogens is 388 g/mol. The van der Waals surface area contributed by atoms with Gasteiger partial charge in [0.15, 0.2) is 0 Å². The van der Waals surface area contributed by atoms with Crippen LogP contribution < -0.4 is 4.72 Å². The molecule has 0 fully saturated rings. The third-order valence-electron chi connectivity index (χ3n) is 4.90. The van der Waals surface area contributed by atoms with Crippen LogP contribution >= 0.6 is 0 Å². The average Bonchev–Trinajstić information content (AvgIpc) is 3.01. The lowest BCUT2D eigenvalue weighted by atomic mass is 10.1. The molecule has 1 aromatic heterocycles. The van der Waals surface area contributed by atoms with E-state index < -0.39 is 16.0 Å². The predicted octanol–water partition coefficient (Wildman–Crippen LogP) is 3.72. The van der Waals surface area contributed by atoms with Crippen LogP contribution in [0, 0.1) is 20.8 Å². The number of hydrogen-bond acceptors (Lipinski definition) is 4. The first-order valence-electron chi connectivity index (χ1n) is 9.40. The van der Waals surface area contributed by atoms with E-state index in [1.165, 1.54) is 7.11 Å². The van der Waals surface area contributed by atoms with Crippen LogP contribution in [0.3, 0.4) is 0 Å². The van der Waals surface area contributed by atoms with Crippen molar-refractivity contribution in [1.29, 1.82) is 0 Å². The number of sulfonamides is 1. The van der Waals surface area contributed by atoms with Gasteiger partial charge in [0.25, 0.3) is 0 Å². The van der Waals surface area contributed by atoms with Gasteiger partial charge >= 0.3 is 5.97 Å². The maximum Gasteiger partial charge on any atom is 0.337 e. The molecule has 0 aliphatic carbocycles. The van der Waals surface area contributed by atoms with Gasteiger partial charge in [-0.25, -0.2) is 17.9 Å². The lowest BCUT2D eigenvalue weighted by Crippen LogP contribution is -2.36. The van der Waals surface area contributed by atoms with Gasteiger partial charge < -0.3 is 9.30 Å². The quantitative estimate of drug-likeness (QED) is 0.624. The molecule has 6 nitrogen and oxygen atoms in total. The summed E-state index contributed by atoms with van der Waals surface area (Å²) in [5, 5.41) is 0.970. The Kier molecular flexibility index (Phi) is 5.82. The minimum absolute atomic E-state index is 0.334. The summed E-state index contributed by atoms with van der Waals surface area (Å²) in [5.41, 5.74) is 3.81. The predicted molar refractivity (Wildman–Crippen MR) is 114 cm³/mol. The van der Waals surface area contributed by atoms with E-state index in [1.807, 2.05) is 62.7 Å². The summed E-state index contributed by atoms with van der Waals surface area (Å²) in [5.74, 6) is -0.404. The molecule has 0 saturated carbocycles. The third kappa shape index (κ3) is 4.36. The maximum atomic E-state index is 13.0. The van der Waals surface area contributed by atoms with E-state index in [4.69, 9.17) is 4.74 Å². The highest BCUT2D eigenvalue weighted by atomic mass is 32.2. The van der Waals surface area contributed by atoms with E-state index in [9.17, 15) is 13.2 Å². The van der Waals surface area contributed by atoms with Crippen LogP contribution in [-0.4, -0.2) is 32.1 Å². The first kappa shape index (κ1) is 21.1. The van der Waals surface area contributed by atoms with Crippen molar-refractivity contribution in [2.45, 2.75) is 45.2 Å². The van der Waals surface area contributed by atoms with Crippen LogP contribution in [0.2, 0.25) is 0 Å². The second-order valence-corrected chi connectivity index (χ2v) is 9.13. The van der Waals surface area contributed by atoms with Crippen LogP contribution in [-0.2, 0) is 21.3 Å². The number of nitrogens with zero attached hydrogens (tertiary/aromatic N) is 1. The number of hydrogen-bond donors (Lipinski definition) is 1. The number of carbonyl (C=O) groups excluding carboxylic acids is 1. The van der Waals surface area contributed by atoms with Crippen molar-refractivity contribution >= 4 is 26.9 Å². The van der Waals surface area contributed by atoms with Crippen molar-refractivity contribution in [2.24, 2.45) is 0 Å². The molecule has 0 aliphatic rings. The standard InChI is InChI=1S/C22H26N2O4S/c1-14-10-15(2)21(16(3)11-14)29(26,27)23-17(4)13-24-9-8-18-6-7-19(12-20(18)24)22(25)28-5/h6-12,17,23H,13H2,1-5H3/t17-/m0/s1. The Bertz CT molecular complexity index is 1160. The normalized spacial score (nSPS) is 12.9. The molecule has 0 spiro atoms. The molecule has 0 amide bonds. The van der Waals surface area contributed by atoms with E-state index >= 15 is 0 Å². The number of carbonyl (C=O) groups is 1. The number of aryl methyl sites for hydroxylation is 3. The Morgan fingerprint density at radius 3 is 2.38 bits per heavy atom. The summed E-state index contributed by atoms with van der Waals surface area (Å²) in [6.45, 7) is 7.83. The summed E-state index contributed by atoms with van der Waals surface area (Å²) in [6, 6.07) is 10.7. The Morgan fingerprint density at radius 1 is 1.10 bits per heavy atom. The molecule has 3 aromatic rings. The number of fused-ring (bicyclic) bond motifs is 1. The zero-order valence-electron chi connectivity index (χ0n) is 17.3. The highest BCUT2D eigenvalue weighted by Gasteiger charge is 2.22. The molecule has 1 N–H and O–H groups in total. The molecule has 0 unspecified atom stereocenters. The zero-order chi connectivity index (χ0) is 21.3. The molecule has 0 aliphatic heterocycles. The molecule has 0 radical (unpaired) electrons. The van der Waals surface area contributed by atoms with Crippen LogP contribution in [0.4, 0.5) is 0 Å². The van der Waals surface area contributed by atoms with E-state index in [1.54, 1.807) is 12.1 Å². The summed E-state index contributed by atoms with van der Waals surface area (Å²) >= 11 is 0. The van der Waals surface area contributed by atoms with Crippen molar-refractivity contribution in [3.05, 3.63) is 64.8 Å². The average molecular weight is 415 g/mol. The Balaban J connectivity index is 1.86. The van der Waals surface area contributed by atoms with Crippen molar-refractivity contribution in [2.75, 3.05) is 7.11 Å². The van der Waals surface area contributed by atoms with Crippen LogP contribution in [0.25, 0.3) is 10.9 Å². The smallest absolute Gasteiger partial charge is 0.337 e. The van der Waals surface area contributed by atoms with Gasteiger partial charge in [-0.3, -0.25) is 0 Å². The molecule has 29 heavy (non-hydrogen) atoms. The van der Waals surface area contributed by atoms with Gasteiger partial charge in [0.05, 0.1) is 17.6 Å². The summed E-state index contributed by atoms with van der Waals surface area (Å²) in [4.78, 5) is 12.2. The van der Waals surface area contributed by atoms with Crippen LogP contribution in [0.1, 0.15) is 34.0 Å². The van der Waals surface area contributed by atoms with E-state index in [0.717, 1.165) is 27.6 Å². The van der Waals surface area contributed by atoms with Crippen molar-refractivity contribution in [1.82, 2.24) is 9.29 Å². The highest BCUT2D eigenvalue weighted by Crippen LogP contribution is 2.23. The van der Waals surface area contributed by atoms with Gasteiger partial charge in [-0.05, 0) is 62.4 Å². The van der Waals surface area contributed by atoms with Gasteiger partial charge in [-0.2, -0.15) is 0 Å². The van der Waals surface area contributed by atoms with Gasteiger partial charge in [-0.15, -0.1) is 0 Å². The molecular formula is C22H26N2O4S. The molecule has 3 rings (SSSR count). The summed E-state index contributed by atoms with van der Waals surface area (Å²) in [7, 11) is -2.31. The first-order chi connectivity index (χ1) is 13.6. The number of ether oxygens (including phenoxy) is 1. The first-order valence-corrected chi connectivity index (χ1v) is 10.9. The largest absolute Gasteiger partial charge is 0.465 e. The Labute approximate surface area is 171 Å². The minimum Gasteiger partial charge on any atom is -0.465 e. The Hall–Kier alpha value is -2.64. The summed E-state index contributed by atoms with van der Waals surface area (Å²) < 4.78 is 35.5. The van der Waals surface area contributed by atoms with E-state index in [2.05, 4.69) is 4.72 Å². The SMILES string of the molecule is COC(=O)c1ccc2ccn(C[C@H](C)NS(=O)(=O)c3c(C)cc(C)cc3C)c2c1. The minimum atomic E-state index is -3.66. The molecule has 0 bridgehead atoms. The second-order valence-electron chi connectivity index (χ2n) is 7.48. The number of benzene rings is 2. The third-order valence-corrected chi connectivity index (χ3v) is 6.79. The van der Waals surface area contributed by atoms with Crippen molar-refractivity contribution < 1.29 is 17.9 Å². The van der Waals surface area contributed by atoms with Crippen LogP contribution in [0.5, 0.6) is 0 Å². The molecule has 0 saturated heterocycles. The number of methoxy groups -OCH3 is 1. The number of nitrogens with one attached hydrogen (secondary N) is 1. The fourth-order valence-electron chi connectivity index (χ4n) is 3.83. The number of esters is 1. The fraction of sp³-hybridized carbons (Fsp3) is 0.318. The lowest BCUT2D eigenvalue weighted by molar-refractivity contribution is 0.0601. The van der Waals surface area contributed by atoms with Gasteiger partial charge in [0.2, 0.25) is 10.0 Å². The van der Waals surface area contributed by atoms with E-state index in [-0.39, 0.29) is 6.04 Å². The molecule has 2 aromatic carbocycles. The monoisotopic (exact) mass is 414 g/mol. The molecule has 154 valence electrons. The zero-order valence-corrected chi connectivity index (χ0v) is 18.1. The highest BCUT2D eigenvalue weighted by molar-refractivity contribution is 7.89. The number of rotatable bonds is 6.